The fraction of sp³-hybridized carbons (Fsp3) is 0.571. The van der Waals surface area contributed by atoms with Crippen LogP contribution in [0.3, 0.4) is 0 Å². The van der Waals surface area contributed by atoms with Gasteiger partial charge in [0.05, 0.1) is 17.3 Å². The molecule has 21 heavy (non-hydrogen) atoms. The van der Waals surface area contributed by atoms with Gasteiger partial charge in [0.2, 0.25) is 0 Å². The first kappa shape index (κ1) is 14.6. The third-order valence-corrected chi connectivity index (χ3v) is 4.25. The Balaban J connectivity index is 1.52. The van der Waals surface area contributed by atoms with E-state index in [2.05, 4.69) is 15.6 Å². The highest BCUT2D eigenvalue weighted by molar-refractivity contribution is 6.30. The summed E-state index contributed by atoms with van der Waals surface area (Å²) < 4.78 is 6.75. The summed E-state index contributed by atoms with van der Waals surface area (Å²) in [5.74, 6) is 0.395. The lowest BCUT2D eigenvalue weighted by molar-refractivity contribution is 0.145. The number of hydrogen-bond acceptors (Lipinski definition) is 5. The van der Waals surface area contributed by atoms with Crippen molar-refractivity contribution in [2.75, 3.05) is 0 Å². The summed E-state index contributed by atoms with van der Waals surface area (Å²) in [6, 6.07) is 0.0807. The molecule has 114 valence electrons. The van der Waals surface area contributed by atoms with E-state index in [0.29, 0.717) is 17.5 Å². The van der Waals surface area contributed by atoms with Crippen LogP contribution in [-0.2, 0) is 13.1 Å². The minimum atomic E-state index is -0.340. The quantitative estimate of drug-likeness (QED) is 0.880. The maximum absolute atomic E-state index is 10.2. The van der Waals surface area contributed by atoms with Crippen molar-refractivity contribution in [3.63, 3.8) is 0 Å². The zero-order valence-electron chi connectivity index (χ0n) is 11.9. The van der Waals surface area contributed by atoms with Gasteiger partial charge in [0.1, 0.15) is 12.0 Å². The molecule has 1 aliphatic rings. The van der Waals surface area contributed by atoms with E-state index in [4.69, 9.17) is 16.1 Å². The largest absolute Gasteiger partial charge is 0.391 e. The Hall–Kier alpha value is -1.37. The van der Waals surface area contributed by atoms with E-state index in [1.54, 1.807) is 12.5 Å². The van der Waals surface area contributed by atoms with Gasteiger partial charge in [-0.15, -0.1) is 0 Å². The number of aromatic nitrogens is 3. The Labute approximate surface area is 128 Å². The second kappa shape index (κ2) is 6.17. The average molecular weight is 311 g/mol. The third kappa shape index (κ3) is 3.45. The van der Waals surface area contributed by atoms with Crippen LogP contribution < -0.4 is 5.32 Å². The number of nitrogens with zero attached hydrogens (tertiary/aromatic N) is 3. The van der Waals surface area contributed by atoms with Crippen LogP contribution in [-0.4, -0.2) is 32.2 Å². The van der Waals surface area contributed by atoms with Gasteiger partial charge in [-0.1, -0.05) is 16.8 Å². The second-order valence-corrected chi connectivity index (χ2v) is 6.15. The van der Waals surface area contributed by atoms with Gasteiger partial charge in [0.15, 0.2) is 0 Å². The molecule has 6 nitrogen and oxygen atoms in total. The first-order valence-corrected chi connectivity index (χ1v) is 7.49. The molecule has 2 aromatic rings. The molecule has 7 heteroatoms. The molecule has 3 rings (SSSR count). The molecule has 0 bridgehead atoms. The lowest BCUT2D eigenvalue weighted by Crippen LogP contribution is -2.35. The Morgan fingerprint density at radius 1 is 1.52 bits per heavy atom. The Morgan fingerprint density at radius 3 is 3.05 bits per heavy atom. The number of hydrogen-bond donors (Lipinski definition) is 2. The number of halogens is 1. The van der Waals surface area contributed by atoms with Crippen LogP contribution in [0.5, 0.6) is 0 Å². The maximum Gasteiger partial charge on any atom is 0.127 e. The van der Waals surface area contributed by atoms with Gasteiger partial charge in [-0.3, -0.25) is 4.68 Å². The van der Waals surface area contributed by atoms with Crippen molar-refractivity contribution < 1.29 is 9.63 Å². The van der Waals surface area contributed by atoms with E-state index in [-0.39, 0.29) is 12.1 Å². The topological polar surface area (TPSA) is 76.1 Å². The second-order valence-electron chi connectivity index (χ2n) is 5.72. The van der Waals surface area contributed by atoms with E-state index in [9.17, 15) is 5.11 Å². The molecular formula is C14H19ClN4O2. The SMILES string of the molecule is Cc1conc1CN[C@@H]1CC(Cn2cc(Cl)cn2)C[C@H]1O. The Morgan fingerprint density at radius 2 is 2.38 bits per heavy atom. The maximum atomic E-state index is 10.2. The number of rotatable bonds is 5. The molecule has 1 saturated carbocycles. The van der Waals surface area contributed by atoms with E-state index in [0.717, 1.165) is 30.6 Å². The van der Waals surface area contributed by atoms with Crippen molar-refractivity contribution in [1.82, 2.24) is 20.3 Å². The Kier molecular flexibility index (Phi) is 4.28. The van der Waals surface area contributed by atoms with Gasteiger partial charge < -0.3 is 14.9 Å². The van der Waals surface area contributed by atoms with Crippen molar-refractivity contribution in [3.8, 4) is 0 Å². The minimum absolute atomic E-state index is 0.0807. The molecule has 0 saturated heterocycles. The van der Waals surface area contributed by atoms with E-state index >= 15 is 0 Å². The van der Waals surface area contributed by atoms with Crippen molar-refractivity contribution in [3.05, 3.63) is 34.9 Å². The van der Waals surface area contributed by atoms with Crippen molar-refractivity contribution in [1.29, 1.82) is 0 Å². The monoisotopic (exact) mass is 310 g/mol. The van der Waals surface area contributed by atoms with Crippen LogP contribution in [0.25, 0.3) is 0 Å². The van der Waals surface area contributed by atoms with Gasteiger partial charge in [-0.05, 0) is 25.7 Å². The first-order chi connectivity index (χ1) is 10.1. The molecule has 0 radical (unpaired) electrons. The van der Waals surface area contributed by atoms with Crippen molar-refractivity contribution >= 4 is 11.6 Å². The van der Waals surface area contributed by atoms with Gasteiger partial charge in [-0.2, -0.15) is 5.10 Å². The Bertz CT molecular complexity index is 597. The minimum Gasteiger partial charge on any atom is -0.391 e. The van der Waals surface area contributed by atoms with Crippen molar-refractivity contribution in [2.45, 2.75) is 45.0 Å². The number of aryl methyl sites for hydroxylation is 1. The zero-order valence-corrected chi connectivity index (χ0v) is 12.6. The standard InChI is InChI=1S/C14H19ClN4O2/c1-9-8-21-18-13(9)5-16-12-2-10(3-14(12)20)6-19-7-11(15)4-17-19/h4,7-8,10,12,14,16,20H,2-3,5-6H2,1H3/t10?,12-,14-/m1/s1. The molecule has 1 unspecified atom stereocenters. The predicted octanol–water partition coefficient (Wildman–Crippen LogP) is 1.76. The zero-order chi connectivity index (χ0) is 14.8. The average Bonchev–Trinajstić information content (AvgIpc) is 3.11. The molecule has 2 aromatic heterocycles. The van der Waals surface area contributed by atoms with Gasteiger partial charge >= 0.3 is 0 Å². The lowest BCUT2D eigenvalue weighted by atomic mass is 10.1. The third-order valence-electron chi connectivity index (χ3n) is 4.05. The summed E-state index contributed by atoms with van der Waals surface area (Å²) in [7, 11) is 0. The molecule has 1 fully saturated rings. The molecule has 2 heterocycles. The van der Waals surface area contributed by atoms with Crippen LogP contribution in [0, 0.1) is 12.8 Å². The molecule has 0 aromatic carbocycles. The fourth-order valence-electron chi connectivity index (χ4n) is 2.90. The van der Waals surface area contributed by atoms with E-state index in [1.807, 2.05) is 17.8 Å². The highest BCUT2D eigenvalue weighted by atomic mass is 35.5. The van der Waals surface area contributed by atoms with Gasteiger partial charge in [-0.25, -0.2) is 0 Å². The summed E-state index contributed by atoms with van der Waals surface area (Å²) >= 11 is 5.86. The summed E-state index contributed by atoms with van der Waals surface area (Å²) in [4.78, 5) is 0. The van der Waals surface area contributed by atoms with Crippen LogP contribution >= 0.6 is 11.6 Å². The number of nitrogens with one attached hydrogen (secondary N) is 1. The van der Waals surface area contributed by atoms with Crippen LogP contribution in [0.4, 0.5) is 0 Å². The molecule has 0 spiro atoms. The molecular weight excluding hydrogens is 292 g/mol. The van der Waals surface area contributed by atoms with Crippen LogP contribution in [0.1, 0.15) is 24.1 Å². The molecule has 0 amide bonds. The fourth-order valence-corrected chi connectivity index (χ4v) is 3.05. The molecule has 1 aliphatic carbocycles. The highest BCUT2D eigenvalue weighted by Gasteiger charge is 2.33. The molecule has 3 atom stereocenters. The molecule has 0 aliphatic heterocycles. The van der Waals surface area contributed by atoms with Crippen molar-refractivity contribution in [2.24, 2.45) is 5.92 Å². The summed E-state index contributed by atoms with van der Waals surface area (Å²) in [5, 5.41) is 22.3. The first-order valence-electron chi connectivity index (χ1n) is 7.11. The number of aliphatic hydroxyl groups is 1. The number of aliphatic hydroxyl groups excluding tert-OH is 1. The van der Waals surface area contributed by atoms with Gasteiger partial charge in [0.25, 0.3) is 0 Å². The summed E-state index contributed by atoms with van der Waals surface area (Å²) in [6.07, 6.45) is 6.42. The smallest absolute Gasteiger partial charge is 0.127 e. The van der Waals surface area contributed by atoms with E-state index in [1.165, 1.54) is 0 Å². The van der Waals surface area contributed by atoms with Gasteiger partial charge in [0, 0.05) is 30.9 Å². The van der Waals surface area contributed by atoms with Crippen LogP contribution in [0.15, 0.2) is 23.2 Å². The van der Waals surface area contributed by atoms with Crippen LogP contribution in [0.2, 0.25) is 5.02 Å². The lowest BCUT2D eigenvalue weighted by Gasteiger charge is -2.15. The summed E-state index contributed by atoms with van der Waals surface area (Å²) in [5.41, 5.74) is 1.92. The summed E-state index contributed by atoms with van der Waals surface area (Å²) in [6.45, 7) is 3.36. The highest BCUT2D eigenvalue weighted by Crippen LogP contribution is 2.28. The predicted molar refractivity (Wildman–Crippen MR) is 77.8 cm³/mol. The van der Waals surface area contributed by atoms with E-state index < -0.39 is 0 Å². The molecule has 2 N–H and O–H groups in total. The normalized spacial score (nSPS) is 25.6.